The van der Waals surface area contributed by atoms with Gasteiger partial charge in [-0.15, -0.1) is 0 Å². The fourth-order valence-corrected chi connectivity index (χ4v) is 3.91. The van der Waals surface area contributed by atoms with Crippen LogP contribution in [-0.2, 0) is 0 Å². The highest BCUT2D eigenvalue weighted by atomic mass is 15.1. The lowest BCUT2D eigenvalue weighted by molar-refractivity contribution is -0.349. The Kier molecular flexibility index (Phi) is 4.98. The van der Waals surface area contributed by atoms with Gasteiger partial charge >= 0.3 is 0 Å². The lowest BCUT2D eigenvalue weighted by Gasteiger charge is -2.17. The fraction of sp³-hybridized carbons (Fsp3) is 0.192. The highest BCUT2D eigenvalue weighted by molar-refractivity contribution is 6.31. The number of benzene rings is 3. The summed E-state index contributed by atoms with van der Waals surface area (Å²) in [4.78, 5) is 7.83. The van der Waals surface area contributed by atoms with Gasteiger partial charge in [0.25, 0.3) is 0 Å². The van der Waals surface area contributed by atoms with E-state index in [2.05, 4.69) is 123 Å². The maximum atomic E-state index is 3.57. The SMILES string of the molecule is CC1=[NH+]c2ccccc2C1=C(c1ccc(N(C)C)cc1)c1ccc(N(C)C)cc1. The van der Waals surface area contributed by atoms with Crippen LogP contribution in [0.2, 0.25) is 0 Å². The van der Waals surface area contributed by atoms with Crippen molar-refractivity contribution in [3.8, 4) is 0 Å². The second-order valence-corrected chi connectivity index (χ2v) is 7.93. The molecule has 29 heavy (non-hydrogen) atoms. The minimum Gasteiger partial charge on any atom is -0.378 e. The smallest absolute Gasteiger partial charge is 0.211 e. The van der Waals surface area contributed by atoms with Crippen LogP contribution in [0.3, 0.4) is 0 Å². The van der Waals surface area contributed by atoms with Crippen LogP contribution in [0.5, 0.6) is 0 Å². The summed E-state index contributed by atoms with van der Waals surface area (Å²) in [6.45, 7) is 2.16. The number of anilines is 2. The summed E-state index contributed by atoms with van der Waals surface area (Å²) in [5.41, 5.74) is 11.0. The lowest BCUT2D eigenvalue weighted by Crippen LogP contribution is -2.62. The Hall–Kier alpha value is -3.33. The highest BCUT2D eigenvalue weighted by Gasteiger charge is 2.28. The van der Waals surface area contributed by atoms with E-state index in [-0.39, 0.29) is 0 Å². The van der Waals surface area contributed by atoms with E-state index >= 15 is 0 Å². The molecular weight excluding hydrogens is 354 g/mol. The maximum absolute atomic E-state index is 3.57. The van der Waals surface area contributed by atoms with Gasteiger partial charge in [-0.1, -0.05) is 36.4 Å². The van der Waals surface area contributed by atoms with Gasteiger partial charge in [0.1, 0.15) is 0 Å². The quantitative estimate of drug-likeness (QED) is 0.737. The second-order valence-electron chi connectivity index (χ2n) is 7.93. The van der Waals surface area contributed by atoms with Crippen molar-refractivity contribution in [2.45, 2.75) is 6.92 Å². The average Bonchev–Trinajstić information content (AvgIpc) is 3.05. The predicted molar refractivity (Wildman–Crippen MR) is 125 cm³/mol. The largest absolute Gasteiger partial charge is 0.378 e. The topological polar surface area (TPSA) is 20.5 Å². The zero-order valence-electron chi connectivity index (χ0n) is 17.8. The number of rotatable bonds is 4. The van der Waals surface area contributed by atoms with Crippen molar-refractivity contribution in [2.75, 3.05) is 38.0 Å². The molecule has 0 atom stereocenters. The number of fused-ring (bicyclic) bond motifs is 1. The first kappa shape index (κ1) is 19.0. The normalized spacial score (nSPS) is 12.4. The van der Waals surface area contributed by atoms with Crippen LogP contribution < -0.4 is 14.8 Å². The van der Waals surface area contributed by atoms with Crippen LogP contribution >= 0.6 is 0 Å². The van der Waals surface area contributed by atoms with Crippen LogP contribution in [0.4, 0.5) is 17.1 Å². The van der Waals surface area contributed by atoms with E-state index in [1.54, 1.807) is 0 Å². The third-order valence-electron chi connectivity index (χ3n) is 5.49. The Morgan fingerprint density at radius 3 is 1.62 bits per heavy atom. The van der Waals surface area contributed by atoms with E-state index in [0.717, 1.165) is 0 Å². The number of hydrogen-bond donors (Lipinski definition) is 1. The molecule has 4 rings (SSSR count). The summed E-state index contributed by atoms with van der Waals surface area (Å²) in [5, 5.41) is 0. The monoisotopic (exact) mass is 382 g/mol. The van der Waals surface area contributed by atoms with Gasteiger partial charge in [0.2, 0.25) is 5.69 Å². The van der Waals surface area contributed by atoms with E-state index in [4.69, 9.17) is 0 Å². The molecule has 3 aromatic carbocycles. The van der Waals surface area contributed by atoms with Crippen LogP contribution in [0, 0.1) is 0 Å². The predicted octanol–water partition coefficient (Wildman–Crippen LogP) is 3.96. The zero-order valence-corrected chi connectivity index (χ0v) is 17.8. The Balaban J connectivity index is 1.94. The van der Waals surface area contributed by atoms with Crippen molar-refractivity contribution in [2.24, 2.45) is 0 Å². The summed E-state index contributed by atoms with van der Waals surface area (Å²) < 4.78 is 0. The first-order valence-corrected chi connectivity index (χ1v) is 9.96. The molecular formula is C26H28N3+. The van der Waals surface area contributed by atoms with E-state index in [1.807, 2.05) is 0 Å². The van der Waals surface area contributed by atoms with Gasteiger partial charge in [-0.05, 0) is 41.5 Å². The molecule has 3 heteroatoms. The van der Waals surface area contributed by atoms with Crippen LogP contribution in [-0.4, -0.2) is 33.9 Å². The van der Waals surface area contributed by atoms with Gasteiger partial charge in [0.15, 0.2) is 5.71 Å². The summed E-state index contributed by atoms with van der Waals surface area (Å²) in [5.74, 6) is 0. The molecule has 0 radical (unpaired) electrons. The summed E-state index contributed by atoms with van der Waals surface area (Å²) in [6.07, 6.45) is 0. The second kappa shape index (κ2) is 7.59. The van der Waals surface area contributed by atoms with E-state index in [0.29, 0.717) is 0 Å². The molecule has 1 aliphatic heterocycles. The molecule has 0 fully saturated rings. The average molecular weight is 383 g/mol. The molecule has 0 aromatic heterocycles. The first-order valence-electron chi connectivity index (χ1n) is 9.96. The molecule has 3 aromatic rings. The summed E-state index contributed by atoms with van der Waals surface area (Å²) in [6, 6.07) is 26.2. The Morgan fingerprint density at radius 2 is 1.14 bits per heavy atom. The van der Waals surface area contributed by atoms with Gasteiger partial charge in [0.05, 0.1) is 11.1 Å². The summed E-state index contributed by atoms with van der Waals surface area (Å²) in [7, 11) is 8.29. The molecule has 0 aliphatic carbocycles. The van der Waals surface area contributed by atoms with Gasteiger partial charge in [-0.3, -0.25) is 0 Å². The maximum Gasteiger partial charge on any atom is 0.211 e. The van der Waals surface area contributed by atoms with Gasteiger partial charge in [0, 0.05) is 58.1 Å². The first-order chi connectivity index (χ1) is 14.0. The number of para-hydroxylation sites is 1. The molecule has 1 N–H and O–H groups in total. The third kappa shape index (κ3) is 3.56. The van der Waals surface area contributed by atoms with Crippen molar-refractivity contribution in [1.29, 1.82) is 0 Å². The molecule has 0 bridgehead atoms. The Labute approximate surface area is 173 Å². The van der Waals surface area contributed by atoms with Crippen molar-refractivity contribution < 1.29 is 4.99 Å². The van der Waals surface area contributed by atoms with E-state index in [9.17, 15) is 0 Å². The number of nitrogens with one attached hydrogen (secondary N) is 1. The Morgan fingerprint density at radius 1 is 0.655 bits per heavy atom. The molecule has 1 aliphatic rings. The van der Waals surface area contributed by atoms with Gasteiger partial charge in [-0.25, -0.2) is 4.99 Å². The van der Waals surface area contributed by atoms with Gasteiger partial charge in [-0.2, -0.15) is 0 Å². The van der Waals surface area contributed by atoms with Crippen molar-refractivity contribution in [1.82, 2.24) is 0 Å². The minimum atomic E-state index is 1.17. The lowest BCUT2D eigenvalue weighted by atomic mass is 9.88. The molecule has 0 saturated heterocycles. The van der Waals surface area contributed by atoms with Gasteiger partial charge < -0.3 is 9.80 Å². The Bertz CT molecular complexity index is 1030. The standard InChI is InChI=1S/C26H27N3/c1-18-25(23-8-6-7-9-24(23)27-18)26(19-10-14-21(15-11-19)28(2)3)20-12-16-22(17-13-20)29(4)5/h6-17H,1-5H3/p+1. The molecule has 0 saturated carbocycles. The van der Waals surface area contributed by atoms with Crippen LogP contribution in [0.1, 0.15) is 23.6 Å². The van der Waals surface area contributed by atoms with E-state index < -0.39 is 0 Å². The van der Waals surface area contributed by atoms with Crippen LogP contribution in [0.25, 0.3) is 11.1 Å². The highest BCUT2D eigenvalue weighted by Crippen LogP contribution is 2.37. The zero-order chi connectivity index (χ0) is 20.5. The molecule has 146 valence electrons. The van der Waals surface area contributed by atoms with Crippen molar-refractivity contribution >= 4 is 33.9 Å². The molecule has 0 spiro atoms. The number of allylic oxidation sites excluding steroid dienone is 1. The van der Waals surface area contributed by atoms with E-state index in [1.165, 1.54) is 50.6 Å². The molecule has 1 heterocycles. The number of nitrogens with zero attached hydrogens (tertiary/aromatic N) is 2. The molecule has 0 amide bonds. The minimum absolute atomic E-state index is 1.17. The molecule has 3 nitrogen and oxygen atoms in total. The molecule has 0 unspecified atom stereocenters. The number of hydrogen-bond acceptors (Lipinski definition) is 2. The van der Waals surface area contributed by atoms with Crippen LogP contribution in [0.15, 0.2) is 72.8 Å². The fourth-order valence-electron chi connectivity index (χ4n) is 3.91. The summed E-state index contributed by atoms with van der Waals surface area (Å²) >= 11 is 0. The van der Waals surface area contributed by atoms with Crippen molar-refractivity contribution in [3.63, 3.8) is 0 Å². The van der Waals surface area contributed by atoms with Crippen molar-refractivity contribution in [3.05, 3.63) is 89.5 Å². The third-order valence-corrected chi connectivity index (χ3v) is 5.49.